The number of nitrogens with one attached hydrogen (secondary N) is 2. The Kier molecular flexibility index (Phi) is 10.7. The fourth-order valence-electron chi connectivity index (χ4n) is 4.48. The minimum absolute atomic E-state index is 0.125. The lowest BCUT2D eigenvalue weighted by atomic mass is 10.0. The summed E-state index contributed by atoms with van der Waals surface area (Å²) in [5.74, 6) is 0.577. The third-order valence-electron chi connectivity index (χ3n) is 6.68. The Morgan fingerprint density at radius 3 is 2.24 bits per heavy atom. The maximum Gasteiger partial charge on any atom is 0.319 e. The van der Waals surface area contributed by atoms with Crippen molar-refractivity contribution in [2.75, 3.05) is 11.9 Å². The normalized spacial score (nSPS) is 11.1. The lowest BCUT2D eigenvalue weighted by Gasteiger charge is -2.15. The van der Waals surface area contributed by atoms with E-state index in [0.29, 0.717) is 24.5 Å². The van der Waals surface area contributed by atoms with Crippen LogP contribution in [0, 0.1) is 0 Å². The molecule has 0 aromatic heterocycles. The van der Waals surface area contributed by atoms with Crippen LogP contribution in [0.3, 0.4) is 0 Å². The highest BCUT2D eigenvalue weighted by molar-refractivity contribution is 6.07. The van der Waals surface area contributed by atoms with Gasteiger partial charge in [0, 0.05) is 23.4 Å². The van der Waals surface area contributed by atoms with E-state index in [9.17, 15) is 9.59 Å². The molecule has 5 nitrogen and oxygen atoms in total. The molecule has 4 aromatic rings. The van der Waals surface area contributed by atoms with Crippen LogP contribution in [-0.4, -0.2) is 18.4 Å². The van der Waals surface area contributed by atoms with Crippen molar-refractivity contribution in [3.8, 4) is 5.75 Å². The van der Waals surface area contributed by atoms with Crippen LogP contribution in [0.15, 0.2) is 109 Å². The summed E-state index contributed by atoms with van der Waals surface area (Å²) in [5, 5.41) is 5.93. The second-order valence-electron chi connectivity index (χ2n) is 9.53. The highest BCUT2D eigenvalue weighted by Crippen LogP contribution is 2.23. The SMILES string of the molecule is CCc1cccc(CC)c1NC(=O)NCc1cccc(C(=O)C=Cc2ccccc2OCC=Cc2ccccc2)c1. The first-order chi connectivity index (χ1) is 20.1. The first-order valence-electron chi connectivity index (χ1n) is 14.0. The molecule has 4 aromatic carbocycles. The van der Waals surface area contributed by atoms with Gasteiger partial charge < -0.3 is 15.4 Å². The lowest BCUT2D eigenvalue weighted by molar-refractivity contribution is 0.104. The zero-order valence-electron chi connectivity index (χ0n) is 23.6. The number of aryl methyl sites for hydroxylation is 2. The second kappa shape index (κ2) is 15.0. The van der Waals surface area contributed by atoms with Crippen molar-refractivity contribution >= 4 is 29.7 Å². The van der Waals surface area contributed by atoms with Crippen molar-refractivity contribution in [3.05, 3.63) is 143 Å². The Bertz CT molecular complexity index is 1500. The molecule has 0 aliphatic carbocycles. The van der Waals surface area contributed by atoms with Crippen LogP contribution in [0.25, 0.3) is 12.2 Å². The fourth-order valence-corrected chi connectivity index (χ4v) is 4.48. The standard InChI is InChI=1S/C36H36N2O3/c1-3-29-18-11-19-30(4-2)35(29)38-36(40)37-26-28-15-10-20-32(25-28)33(39)23-22-31-17-8-9-21-34(31)41-24-12-16-27-13-6-5-7-14-27/h5-23,25H,3-4,24,26H2,1-2H3,(H2,37,38,40). The molecule has 2 N–H and O–H groups in total. The quantitative estimate of drug-likeness (QED) is 0.140. The molecule has 0 saturated heterocycles. The summed E-state index contributed by atoms with van der Waals surface area (Å²) >= 11 is 0. The van der Waals surface area contributed by atoms with Gasteiger partial charge in [0.15, 0.2) is 5.78 Å². The predicted molar refractivity (Wildman–Crippen MR) is 168 cm³/mol. The van der Waals surface area contributed by atoms with Gasteiger partial charge in [0.2, 0.25) is 0 Å². The third kappa shape index (κ3) is 8.54. The number of para-hydroxylation sites is 2. The van der Waals surface area contributed by atoms with E-state index in [4.69, 9.17) is 4.74 Å². The number of allylic oxidation sites excluding steroid dienone is 1. The Balaban J connectivity index is 1.34. The Labute approximate surface area is 242 Å². The number of amides is 2. The van der Waals surface area contributed by atoms with Gasteiger partial charge >= 0.3 is 6.03 Å². The predicted octanol–water partition coefficient (Wildman–Crippen LogP) is 8.12. The molecule has 5 heteroatoms. The number of hydrogen-bond donors (Lipinski definition) is 2. The highest BCUT2D eigenvalue weighted by Gasteiger charge is 2.10. The molecular formula is C36H36N2O3. The fraction of sp³-hybridized carbons (Fsp3) is 0.167. The molecule has 0 unspecified atom stereocenters. The van der Waals surface area contributed by atoms with Crippen LogP contribution >= 0.6 is 0 Å². The smallest absolute Gasteiger partial charge is 0.319 e. The molecule has 0 aliphatic heterocycles. The number of anilines is 1. The molecule has 0 bridgehead atoms. The van der Waals surface area contributed by atoms with E-state index >= 15 is 0 Å². The van der Waals surface area contributed by atoms with Gasteiger partial charge in [-0.05, 0) is 65.5 Å². The van der Waals surface area contributed by atoms with Gasteiger partial charge in [0.05, 0.1) is 0 Å². The van der Waals surface area contributed by atoms with E-state index in [0.717, 1.165) is 46.3 Å². The zero-order valence-corrected chi connectivity index (χ0v) is 23.6. The van der Waals surface area contributed by atoms with Gasteiger partial charge in [-0.15, -0.1) is 0 Å². The van der Waals surface area contributed by atoms with Crippen molar-refractivity contribution in [1.29, 1.82) is 0 Å². The average Bonchev–Trinajstić information content (AvgIpc) is 3.02. The summed E-state index contributed by atoms with van der Waals surface area (Å²) in [6.45, 7) is 4.87. The van der Waals surface area contributed by atoms with Crippen molar-refractivity contribution in [3.63, 3.8) is 0 Å². The van der Waals surface area contributed by atoms with Crippen molar-refractivity contribution in [2.45, 2.75) is 33.2 Å². The maximum absolute atomic E-state index is 13.0. The average molecular weight is 545 g/mol. The Morgan fingerprint density at radius 2 is 1.49 bits per heavy atom. The van der Waals surface area contributed by atoms with E-state index in [1.807, 2.05) is 97.1 Å². The largest absolute Gasteiger partial charge is 0.489 e. The number of carbonyl (C=O) groups excluding carboxylic acids is 2. The van der Waals surface area contributed by atoms with Gasteiger partial charge in [-0.2, -0.15) is 0 Å². The molecular weight excluding hydrogens is 508 g/mol. The minimum Gasteiger partial charge on any atom is -0.489 e. The summed E-state index contributed by atoms with van der Waals surface area (Å²) in [4.78, 5) is 25.7. The molecule has 0 radical (unpaired) electrons. The summed E-state index contributed by atoms with van der Waals surface area (Å²) in [7, 11) is 0. The van der Waals surface area contributed by atoms with E-state index in [1.165, 1.54) is 0 Å². The van der Waals surface area contributed by atoms with E-state index in [-0.39, 0.29) is 11.8 Å². The second-order valence-corrected chi connectivity index (χ2v) is 9.53. The third-order valence-corrected chi connectivity index (χ3v) is 6.68. The van der Waals surface area contributed by atoms with Gasteiger partial charge in [-0.25, -0.2) is 4.79 Å². The lowest BCUT2D eigenvalue weighted by Crippen LogP contribution is -2.29. The molecule has 0 heterocycles. The number of urea groups is 1. The highest BCUT2D eigenvalue weighted by atomic mass is 16.5. The number of benzene rings is 4. The molecule has 0 atom stereocenters. The van der Waals surface area contributed by atoms with E-state index in [2.05, 4.69) is 24.5 Å². The number of rotatable bonds is 12. The molecule has 0 saturated carbocycles. The van der Waals surface area contributed by atoms with Crippen LogP contribution in [0.4, 0.5) is 10.5 Å². The van der Waals surface area contributed by atoms with E-state index in [1.54, 1.807) is 24.3 Å². The minimum atomic E-state index is -0.271. The molecule has 4 rings (SSSR count). The van der Waals surface area contributed by atoms with E-state index < -0.39 is 0 Å². The number of ether oxygens (including phenoxy) is 1. The molecule has 2 amide bonds. The summed E-state index contributed by atoms with van der Waals surface area (Å²) < 4.78 is 5.95. The summed E-state index contributed by atoms with van der Waals surface area (Å²) in [5.41, 5.74) is 6.41. The molecule has 208 valence electrons. The first-order valence-corrected chi connectivity index (χ1v) is 14.0. The molecule has 0 spiro atoms. The topological polar surface area (TPSA) is 67.4 Å². The summed E-state index contributed by atoms with van der Waals surface area (Å²) in [6.07, 6.45) is 8.97. The molecule has 41 heavy (non-hydrogen) atoms. The van der Waals surface area contributed by atoms with Crippen LogP contribution in [0.1, 0.15) is 52.0 Å². The maximum atomic E-state index is 13.0. The van der Waals surface area contributed by atoms with Crippen LogP contribution in [-0.2, 0) is 19.4 Å². The summed E-state index contributed by atoms with van der Waals surface area (Å²) in [6, 6.07) is 30.8. The van der Waals surface area contributed by atoms with Gasteiger partial charge in [-0.1, -0.05) is 105 Å². The Morgan fingerprint density at radius 1 is 0.780 bits per heavy atom. The molecule has 0 fully saturated rings. The van der Waals surface area contributed by atoms with Crippen LogP contribution in [0.5, 0.6) is 5.75 Å². The molecule has 0 aliphatic rings. The van der Waals surface area contributed by atoms with Gasteiger partial charge in [-0.3, -0.25) is 4.79 Å². The van der Waals surface area contributed by atoms with Crippen LogP contribution < -0.4 is 15.4 Å². The first kappa shape index (κ1) is 29.1. The number of hydrogen-bond acceptors (Lipinski definition) is 3. The van der Waals surface area contributed by atoms with Crippen molar-refractivity contribution < 1.29 is 14.3 Å². The number of ketones is 1. The van der Waals surface area contributed by atoms with Gasteiger partial charge in [0.25, 0.3) is 0 Å². The zero-order chi connectivity index (χ0) is 28.9. The van der Waals surface area contributed by atoms with Gasteiger partial charge in [0.1, 0.15) is 12.4 Å². The van der Waals surface area contributed by atoms with Crippen molar-refractivity contribution in [2.24, 2.45) is 0 Å². The van der Waals surface area contributed by atoms with Crippen LogP contribution in [0.2, 0.25) is 0 Å². The van der Waals surface area contributed by atoms with Crippen molar-refractivity contribution in [1.82, 2.24) is 5.32 Å². The Hall–Kier alpha value is -4.90. The number of carbonyl (C=O) groups is 2. The monoisotopic (exact) mass is 544 g/mol.